The monoisotopic (exact) mass is 514 g/mol. The third-order valence-corrected chi connectivity index (χ3v) is 12.0. The van der Waals surface area contributed by atoms with Crippen LogP contribution in [0, 0.1) is 5.92 Å². The molecule has 0 amide bonds. The summed E-state index contributed by atoms with van der Waals surface area (Å²) in [5.41, 5.74) is 1.70. The fourth-order valence-electron chi connectivity index (χ4n) is 3.01. The summed E-state index contributed by atoms with van der Waals surface area (Å²) in [4.78, 5) is 12.7. The van der Waals surface area contributed by atoms with Gasteiger partial charge in [-0.05, 0) is 75.7 Å². The van der Waals surface area contributed by atoms with Crippen molar-refractivity contribution in [3.8, 4) is 17.2 Å². The van der Waals surface area contributed by atoms with Gasteiger partial charge in [0.25, 0.3) is 0 Å². The smallest absolute Gasteiger partial charge is 0.492 e. The van der Waals surface area contributed by atoms with E-state index >= 15 is 0 Å². The van der Waals surface area contributed by atoms with Gasteiger partial charge in [-0.3, -0.25) is 0 Å². The molecule has 0 saturated heterocycles. The van der Waals surface area contributed by atoms with Crippen molar-refractivity contribution in [2.75, 3.05) is 21.3 Å². The van der Waals surface area contributed by atoms with Gasteiger partial charge in [0.05, 0.1) is 21.3 Å². The number of rotatable bonds is 13. The van der Waals surface area contributed by atoms with Crippen LogP contribution in [0.5, 0.6) is 17.2 Å². The second kappa shape index (κ2) is 12.7. The van der Waals surface area contributed by atoms with Gasteiger partial charge >= 0.3 is 15.5 Å². The molecule has 0 aromatic heterocycles. The molecule has 0 spiro atoms. The highest BCUT2D eigenvalue weighted by molar-refractivity contribution is 6.79. The van der Waals surface area contributed by atoms with Crippen molar-refractivity contribution >= 4 is 38.2 Å². The van der Waals surface area contributed by atoms with Crippen LogP contribution < -0.4 is 14.2 Å². The molecule has 0 bridgehead atoms. The second-order valence-electron chi connectivity index (χ2n) is 10.2. The predicted octanol–water partition coefficient (Wildman–Crippen LogP) is 5.28. The van der Waals surface area contributed by atoms with E-state index in [2.05, 4.69) is 53.1 Å². The molecule has 1 rings (SSSR count). The van der Waals surface area contributed by atoms with Crippen LogP contribution in [0.3, 0.4) is 0 Å². The Kier molecular flexibility index (Phi) is 11.4. The molecule has 0 aliphatic carbocycles. The van der Waals surface area contributed by atoms with Crippen LogP contribution in [0.4, 0.5) is 0 Å². The van der Waals surface area contributed by atoms with E-state index in [4.69, 9.17) is 26.9 Å². The van der Waals surface area contributed by atoms with Crippen LogP contribution in [-0.4, -0.2) is 53.5 Å². The number of carbonyl (C=O) groups excluding carboxylic acids is 1. The van der Waals surface area contributed by atoms with Gasteiger partial charge in [-0.1, -0.05) is 13.8 Å². The lowest BCUT2D eigenvalue weighted by Gasteiger charge is -2.28. The van der Waals surface area contributed by atoms with E-state index in [9.17, 15) is 4.79 Å². The third kappa shape index (κ3) is 10.5. The lowest BCUT2D eigenvalue weighted by Crippen LogP contribution is -2.45. The van der Waals surface area contributed by atoms with Gasteiger partial charge in [0.1, 0.15) is 0 Å². The Hall–Kier alpha value is -1.60. The van der Waals surface area contributed by atoms with Crippen molar-refractivity contribution < 1.29 is 31.7 Å². The molecule has 0 heterocycles. The van der Waals surface area contributed by atoms with Gasteiger partial charge in [-0.25, -0.2) is 4.79 Å². The first-order valence-corrected chi connectivity index (χ1v) is 19.5. The van der Waals surface area contributed by atoms with Crippen molar-refractivity contribution in [3.05, 3.63) is 23.3 Å². The molecule has 0 aliphatic rings. The Morgan fingerprint density at radius 2 is 1.42 bits per heavy atom. The molecule has 0 unspecified atom stereocenters. The van der Waals surface area contributed by atoms with Gasteiger partial charge in [0.2, 0.25) is 5.75 Å². The minimum absolute atomic E-state index is 0.497. The zero-order valence-electron chi connectivity index (χ0n) is 22.2. The van der Waals surface area contributed by atoms with Crippen molar-refractivity contribution in [3.63, 3.8) is 0 Å². The lowest BCUT2D eigenvalue weighted by molar-refractivity contribution is -0.131. The first-order chi connectivity index (χ1) is 15.2. The fourth-order valence-corrected chi connectivity index (χ4v) is 8.91. The zero-order valence-corrected chi connectivity index (χ0v) is 25.3. The maximum absolute atomic E-state index is 12.7. The van der Waals surface area contributed by atoms with Gasteiger partial charge in [-0.15, -0.1) is 0 Å². The molecule has 0 saturated carbocycles. The Morgan fingerprint density at radius 3 is 1.85 bits per heavy atom. The van der Waals surface area contributed by atoms with Crippen LogP contribution in [0.2, 0.25) is 39.3 Å². The maximum atomic E-state index is 12.7. The van der Waals surface area contributed by atoms with E-state index in [1.54, 1.807) is 27.4 Å². The van der Waals surface area contributed by atoms with Gasteiger partial charge in [-0.2, -0.15) is 0 Å². The molecule has 1 aromatic carbocycles. The van der Waals surface area contributed by atoms with Crippen LogP contribution >= 0.6 is 0 Å². The summed E-state index contributed by atoms with van der Waals surface area (Å²) < 4.78 is 34.6. The average molecular weight is 515 g/mol. The minimum Gasteiger partial charge on any atom is -0.492 e. The number of aryl methyl sites for hydroxylation is 1. The predicted molar refractivity (Wildman–Crippen MR) is 140 cm³/mol. The van der Waals surface area contributed by atoms with Crippen molar-refractivity contribution in [2.45, 2.75) is 66.0 Å². The maximum Gasteiger partial charge on any atom is 0.530 e. The first-order valence-electron chi connectivity index (χ1n) is 11.3. The standard InChI is InChI=1S/C23H42O7Si3/c1-17(2)12-13-18-16-19(22(26-4)23(27-5)21(18)25-3)14-15-20(24)28-31(29-32(6,7)8)30-33(9,10)11/h14-17,31H,12-13H2,1-11H3. The number of hydrogen-bond donors (Lipinski definition) is 0. The molecule has 1 aromatic rings. The SMILES string of the molecule is COc1c(C=CC(=O)O[SiH](O[Si](C)(C)C)O[Si](C)(C)C)cc(CCC(C)C)c(OC)c1OC. The van der Waals surface area contributed by atoms with E-state index in [1.165, 1.54) is 6.08 Å². The summed E-state index contributed by atoms with van der Waals surface area (Å²) >= 11 is 0. The van der Waals surface area contributed by atoms with Crippen molar-refractivity contribution in [2.24, 2.45) is 5.92 Å². The van der Waals surface area contributed by atoms with Gasteiger partial charge < -0.3 is 26.9 Å². The molecule has 0 fully saturated rings. The molecule has 10 heteroatoms. The zero-order chi connectivity index (χ0) is 25.4. The number of methoxy groups -OCH3 is 3. The van der Waals surface area contributed by atoms with Crippen LogP contribution in [0.1, 0.15) is 31.4 Å². The molecule has 33 heavy (non-hydrogen) atoms. The Labute approximate surface area is 203 Å². The van der Waals surface area contributed by atoms with Crippen LogP contribution in [0.25, 0.3) is 6.08 Å². The van der Waals surface area contributed by atoms with Crippen LogP contribution in [0.15, 0.2) is 12.1 Å². The Morgan fingerprint density at radius 1 is 0.909 bits per heavy atom. The minimum atomic E-state index is -2.60. The molecule has 0 atom stereocenters. The summed E-state index contributed by atoms with van der Waals surface area (Å²) in [6.45, 7) is 16.7. The summed E-state index contributed by atoms with van der Waals surface area (Å²) in [5.74, 6) is 1.69. The summed E-state index contributed by atoms with van der Waals surface area (Å²) in [7, 11) is -1.71. The highest BCUT2D eigenvalue weighted by atomic mass is 28.5. The molecular formula is C23H42O7Si3. The second-order valence-corrected chi connectivity index (χ2v) is 21.3. The molecule has 7 nitrogen and oxygen atoms in total. The average Bonchev–Trinajstić information content (AvgIpc) is 2.66. The van der Waals surface area contributed by atoms with E-state index in [0.29, 0.717) is 28.7 Å². The number of benzene rings is 1. The highest BCUT2D eigenvalue weighted by Gasteiger charge is 2.32. The van der Waals surface area contributed by atoms with E-state index in [1.807, 2.05) is 6.07 Å². The van der Waals surface area contributed by atoms with Gasteiger partial charge in [0.15, 0.2) is 28.1 Å². The fraction of sp³-hybridized carbons (Fsp3) is 0.609. The summed E-state index contributed by atoms with van der Waals surface area (Å²) in [6.07, 6.45) is 4.87. The number of carbonyl (C=O) groups is 1. The van der Waals surface area contributed by atoms with Crippen molar-refractivity contribution in [1.29, 1.82) is 0 Å². The van der Waals surface area contributed by atoms with Gasteiger partial charge in [0, 0.05) is 11.6 Å². The number of hydrogen-bond acceptors (Lipinski definition) is 7. The van der Waals surface area contributed by atoms with Crippen LogP contribution in [-0.2, 0) is 23.9 Å². The molecule has 0 radical (unpaired) electrons. The quantitative estimate of drug-likeness (QED) is 0.262. The Balaban J connectivity index is 3.24. The van der Waals surface area contributed by atoms with Crippen molar-refractivity contribution in [1.82, 2.24) is 0 Å². The normalized spacial score (nSPS) is 12.5. The lowest BCUT2D eigenvalue weighted by atomic mass is 9.98. The summed E-state index contributed by atoms with van der Waals surface area (Å²) in [5, 5.41) is 0. The molecule has 188 valence electrons. The van der Waals surface area contributed by atoms with E-state index < -0.39 is 32.1 Å². The summed E-state index contributed by atoms with van der Waals surface area (Å²) in [6, 6.07) is 1.97. The van der Waals surface area contributed by atoms with E-state index in [-0.39, 0.29) is 0 Å². The molecule has 0 aliphatic heterocycles. The third-order valence-electron chi connectivity index (χ3n) is 4.41. The molecule has 0 N–H and O–H groups in total. The Bertz CT molecular complexity index is 796. The largest absolute Gasteiger partial charge is 0.530 e. The topological polar surface area (TPSA) is 72.5 Å². The first kappa shape index (κ1) is 29.4. The molecular weight excluding hydrogens is 473 g/mol. The highest BCUT2D eigenvalue weighted by Crippen LogP contribution is 2.43. The van der Waals surface area contributed by atoms with E-state index in [0.717, 1.165) is 18.4 Å². The number of ether oxygens (including phenoxy) is 3.